The lowest BCUT2D eigenvalue weighted by Gasteiger charge is -2.34. The molecule has 1 aromatic carbocycles. The first-order valence-corrected chi connectivity index (χ1v) is 20.9. The van der Waals surface area contributed by atoms with Crippen LogP contribution in [0.15, 0.2) is 42.0 Å². The van der Waals surface area contributed by atoms with Crippen LogP contribution in [0.4, 0.5) is 0 Å². The average Bonchev–Trinajstić information content (AvgIpc) is 3.20. The number of rotatable bonds is 8. The number of aliphatic hydroxyl groups is 1. The lowest BCUT2D eigenvalue weighted by atomic mass is 9.84. The Labute approximate surface area is 350 Å². The summed E-state index contributed by atoms with van der Waals surface area (Å²) in [5, 5.41) is 22.5. The van der Waals surface area contributed by atoms with E-state index in [0.717, 1.165) is 5.56 Å². The molecule has 15 nitrogen and oxygen atoms in total. The van der Waals surface area contributed by atoms with E-state index in [1.807, 2.05) is 52.8 Å². The fraction of sp³-hybridized carbons (Fsp3) is 0.659. The van der Waals surface area contributed by atoms with Crippen molar-refractivity contribution in [2.75, 3.05) is 20.6 Å². The van der Waals surface area contributed by atoms with Crippen molar-refractivity contribution in [2.24, 2.45) is 23.7 Å². The molecule has 5 N–H and O–H groups in total. The van der Waals surface area contributed by atoms with E-state index in [0.29, 0.717) is 12.8 Å². The van der Waals surface area contributed by atoms with Gasteiger partial charge in [0.25, 0.3) is 5.91 Å². The summed E-state index contributed by atoms with van der Waals surface area (Å²) in [6.45, 7) is 17.2. The van der Waals surface area contributed by atoms with Gasteiger partial charge in [-0.3, -0.25) is 28.8 Å². The Bertz CT molecular complexity index is 1640. The number of aliphatic hydroxyl groups excluding tert-OH is 1. The molecule has 0 fully saturated rings. The van der Waals surface area contributed by atoms with Crippen LogP contribution in [0, 0.1) is 23.7 Å². The van der Waals surface area contributed by atoms with Crippen molar-refractivity contribution in [3.05, 3.63) is 47.5 Å². The van der Waals surface area contributed by atoms with Gasteiger partial charge < -0.3 is 40.9 Å². The number of amides is 6. The summed E-state index contributed by atoms with van der Waals surface area (Å²) in [7, 11) is 2.87. The van der Waals surface area contributed by atoms with Crippen LogP contribution in [0.1, 0.15) is 100 Å². The van der Waals surface area contributed by atoms with E-state index in [-0.39, 0.29) is 42.6 Å². The summed E-state index contributed by atoms with van der Waals surface area (Å²) in [5.41, 5.74) is 0.911. The molecule has 1 aliphatic rings. The van der Waals surface area contributed by atoms with Crippen molar-refractivity contribution in [3.63, 3.8) is 0 Å². The maximum Gasteiger partial charge on any atom is 0.334 e. The number of esters is 1. The molecule has 0 aromatic heterocycles. The molecule has 0 radical (unpaired) electrons. The second kappa shape index (κ2) is 23.7. The van der Waals surface area contributed by atoms with Gasteiger partial charge in [0.2, 0.25) is 29.5 Å². The molecule has 15 heteroatoms. The Morgan fingerprint density at radius 3 is 1.95 bits per heavy atom. The van der Waals surface area contributed by atoms with Crippen LogP contribution in [-0.4, -0.2) is 119 Å². The molecule has 6 amide bonds. The Morgan fingerprint density at radius 2 is 1.37 bits per heavy atom. The lowest BCUT2D eigenvalue weighted by Crippen LogP contribution is -2.58. The van der Waals surface area contributed by atoms with E-state index in [1.54, 1.807) is 26.0 Å². The fourth-order valence-corrected chi connectivity index (χ4v) is 6.92. The highest BCUT2D eigenvalue weighted by Crippen LogP contribution is 2.23. The van der Waals surface area contributed by atoms with Gasteiger partial charge >= 0.3 is 5.97 Å². The molecular formula is C44H70N6O9. The smallest absolute Gasteiger partial charge is 0.334 e. The van der Waals surface area contributed by atoms with Crippen LogP contribution < -0.4 is 21.3 Å². The SMILES string of the molecule is CCC(C)[C@@H]1NC(=O)CN(C)C(=O)[C@@H](Cc2ccccc2)N(C)C(=O)[C@H](C)NC(=O)[C@@H](CC(C)C)OC(=O)/C(C)=C/C[C@H](O)[C@H](C)[C@@H]([C@@H](C)CC)NC(=O)[C@@H](C)NC1=O. The number of benzene rings is 1. The van der Waals surface area contributed by atoms with Crippen molar-refractivity contribution in [2.45, 2.75) is 144 Å². The number of likely N-dealkylation sites (N-methyl/N-ethyl adjacent to an activating group) is 2. The molecule has 10 atom stereocenters. The Balaban J connectivity index is 2.61. The molecule has 0 bridgehead atoms. The quantitative estimate of drug-likeness (QED) is 0.244. The molecule has 1 heterocycles. The van der Waals surface area contributed by atoms with E-state index in [1.165, 1.54) is 50.7 Å². The molecule has 0 saturated heterocycles. The van der Waals surface area contributed by atoms with Crippen LogP contribution in [0.3, 0.4) is 0 Å². The summed E-state index contributed by atoms with van der Waals surface area (Å²) in [4.78, 5) is 98.3. The molecule has 2 rings (SSSR count). The van der Waals surface area contributed by atoms with Gasteiger partial charge in [0.1, 0.15) is 24.2 Å². The normalized spacial score (nSPS) is 29.1. The average molecular weight is 827 g/mol. The largest absolute Gasteiger partial charge is 0.449 e. The molecule has 0 spiro atoms. The first kappa shape index (κ1) is 50.4. The molecule has 330 valence electrons. The summed E-state index contributed by atoms with van der Waals surface area (Å²) < 4.78 is 5.68. The monoisotopic (exact) mass is 827 g/mol. The second-order valence-electron chi connectivity index (χ2n) is 16.7. The van der Waals surface area contributed by atoms with Gasteiger partial charge in [-0.1, -0.05) is 97.7 Å². The van der Waals surface area contributed by atoms with Gasteiger partial charge in [-0.25, -0.2) is 4.79 Å². The fourth-order valence-electron chi connectivity index (χ4n) is 6.92. The first-order valence-electron chi connectivity index (χ1n) is 20.9. The van der Waals surface area contributed by atoms with Crippen molar-refractivity contribution in [1.82, 2.24) is 31.1 Å². The minimum atomic E-state index is -1.24. The minimum absolute atomic E-state index is 0.0461. The van der Waals surface area contributed by atoms with Crippen LogP contribution in [0.25, 0.3) is 0 Å². The number of nitrogens with one attached hydrogen (secondary N) is 4. The van der Waals surface area contributed by atoms with E-state index in [4.69, 9.17) is 4.74 Å². The number of cyclic esters (lactones) is 1. The van der Waals surface area contributed by atoms with Crippen LogP contribution >= 0.6 is 0 Å². The molecule has 0 saturated carbocycles. The number of ether oxygens (including phenoxy) is 1. The first-order chi connectivity index (χ1) is 27.6. The topological polar surface area (TPSA) is 204 Å². The summed E-state index contributed by atoms with van der Waals surface area (Å²) >= 11 is 0. The molecule has 1 aromatic rings. The van der Waals surface area contributed by atoms with E-state index >= 15 is 0 Å². The van der Waals surface area contributed by atoms with Gasteiger partial charge in [0.15, 0.2) is 6.10 Å². The Morgan fingerprint density at radius 1 is 0.780 bits per heavy atom. The third-order valence-electron chi connectivity index (χ3n) is 11.4. The molecule has 1 unspecified atom stereocenters. The summed E-state index contributed by atoms with van der Waals surface area (Å²) in [6, 6.07) is 4.26. The minimum Gasteiger partial charge on any atom is -0.449 e. The van der Waals surface area contributed by atoms with E-state index in [9.17, 15) is 38.7 Å². The number of carbonyl (C=O) groups is 7. The number of nitrogens with zero attached hydrogens (tertiary/aromatic N) is 2. The van der Waals surface area contributed by atoms with E-state index in [2.05, 4.69) is 21.3 Å². The van der Waals surface area contributed by atoms with E-state index < -0.39 is 96.3 Å². The van der Waals surface area contributed by atoms with Crippen LogP contribution in [-0.2, 0) is 44.7 Å². The molecule has 0 aliphatic carbocycles. The predicted octanol–water partition coefficient (Wildman–Crippen LogP) is 2.89. The van der Waals surface area contributed by atoms with Crippen molar-refractivity contribution in [1.29, 1.82) is 0 Å². The molecular weight excluding hydrogens is 757 g/mol. The van der Waals surface area contributed by atoms with Crippen molar-refractivity contribution < 1.29 is 43.4 Å². The highest BCUT2D eigenvalue weighted by Gasteiger charge is 2.36. The Hall–Kier alpha value is -4.79. The number of carbonyl (C=O) groups excluding carboxylic acids is 7. The third-order valence-corrected chi connectivity index (χ3v) is 11.4. The zero-order valence-electron chi connectivity index (χ0n) is 37.2. The maximum atomic E-state index is 14.1. The van der Waals surface area contributed by atoms with Crippen molar-refractivity contribution in [3.8, 4) is 0 Å². The van der Waals surface area contributed by atoms with Gasteiger partial charge in [-0.05, 0) is 56.9 Å². The Kier molecular flexibility index (Phi) is 20.2. The van der Waals surface area contributed by atoms with Crippen LogP contribution in [0.5, 0.6) is 0 Å². The second-order valence-corrected chi connectivity index (χ2v) is 16.7. The number of hydrogen-bond donors (Lipinski definition) is 5. The highest BCUT2D eigenvalue weighted by molar-refractivity contribution is 5.96. The van der Waals surface area contributed by atoms with Gasteiger partial charge in [0.05, 0.1) is 12.6 Å². The van der Waals surface area contributed by atoms with Crippen LogP contribution in [0.2, 0.25) is 0 Å². The third kappa shape index (κ3) is 15.1. The highest BCUT2D eigenvalue weighted by atomic mass is 16.5. The maximum absolute atomic E-state index is 14.1. The zero-order valence-corrected chi connectivity index (χ0v) is 37.2. The van der Waals surface area contributed by atoms with Crippen molar-refractivity contribution >= 4 is 41.4 Å². The molecule has 59 heavy (non-hydrogen) atoms. The van der Waals surface area contributed by atoms with Gasteiger partial charge in [-0.2, -0.15) is 0 Å². The summed E-state index contributed by atoms with van der Waals surface area (Å²) in [6.07, 6.45) is 0.797. The predicted molar refractivity (Wildman–Crippen MR) is 225 cm³/mol. The molecule has 1 aliphatic heterocycles. The lowest BCUT2D eigenvalue weighted by molar-refractivity contribution is -0.154. The van der Waals surface area contributed by atoms with Gasteiger partial charge in [0, 0.05) is 38.0 Å². The zero-order chi connectivity index (χ0) is 44.7. The van der Waals surface area contributed by atoms with Gasteiger partial charge in [-0.15, -0.1) is 0 Å². The number of hydrogen-bond acceptors (Lipinski definition) is 9. The standard InChI is InChI=1S/C44H70N6O9/c1-13-26(5)37-29(8)34(51)21-20-28(7)44(58)59-35(22-25(3)4)40(54)46-31(10)42(56)50(12)33(23-32-18-16-15-17-19-32)43(57)49(11)24-36(52)47-38(27(6)14-2)41(55)45-30(9)39(53)48-37/h15-20,25-27,29-31,33-35,37-38,51H,13-14,21-24H2,1-12H3,(H,45,55)(H,46,54)(H,47,52)(H,48,53)/b28-20+/t26-,27?,29-,30+,31-,33+,34-,35+,37+,38-/m0/s1. The summed E-state index contributed by atoms with van der Waals surface area (Å²) in [5.74, 6) is -5.25.